The van der Waals surface area contributed by atoms with Crippen LogP contribution >= 0.6 is 0 Å². The predicted molar refractivity (Wildman–Crippen MR) is 62.5 cm³/mol. The highest BCUT2D eigenvalue weighted by molar-refractivity contribution is 5.88. The van der Waals surface area contributed by atoms with E-state index in [1.807, 2.05) is 6.92 Å². The summed E-state index contributed by atoms with van der Waals surface area (Å²) in [4.78, 5) is 15.1. The molecule has 4 heteroatoms. The number of terminal acetylenes is 1. The van der Waals surface area contributed by atoms with Gasteiger partial charge in [-0.25, -0.2) is 9.78 Å². The van der Waals surface area contributed by atoms with Crippen molar-refractivity contribution in [2.24, 2.45) is 0 Å². The average Bonchev–Trinajstić information content (AvgIpc) is 2.28. The van der Waals surface area contributed by atoms with Crippen LogP contribution in [-0.2, 0) is 6.42 Å². The summed E-state index contributed by atoms with van der Waals surface area (Å²) in [6.07, 6.45) is 5.91. The lowest BCUT2D eigenvalue weighted by molar-refractivity contribution is 0.0696. The van der Waals surface area contributed by atoms with Crippen molar-refractivity contribution in [2.75, 3.05) is 5.32 Å². The van der Waals surface area contributed by atoms with Crippen LogP contribution in [0.3, 0.4) is 0 Å². The number of anilines is 1. The van der Waals surface area contributed by atoms with E-state index in [4.69, 9.17) is 11.5 Å². The number of aromatic nitrogens is 1. The van der Waals surface area contributed by atoms with E-state index < -0.39 is 5.97 Å². The molecule has 0 saturated carbocycles. The minimum Gasteiger partial charge on any atom is -0.478 e. The molecule has 0 saturated heterocycles. The maximum absolute atomic E-state index is 10.9. The molecular formula is C12H14N2O2. The first-order chi connectivity index (χ1) is 7.56. The Kier molecular flexibility index (Phi) is 3.90. The van der Waals surface area contributed by atoms with E-state index in [2.05, 4.69) is 16.2 Å². The van der Waals surface area contributed by atoms with E-state index in [-0.39, 0.29) is 11.6 Å². The summed E-state index contributed by atoms with van der Waals surface area (Å²) in [6, 6.07) is 2.87. The van der Waals surface area contributed by atoms with Gasteiger partial charge in [0.15, 0.2) is 0 Å². The number of aryl methyl sites for hydroxylation is 1. The van der Waals surface area contributed by atoms with Crippen LogP contribution in [0.5, 0.6) is 0 Å². The molecule has 0 fully saturated rings. The lowest BCUT2D eigenvalue weighted by Crippen LogP contribution is -2.14. The number of hydrogen-bond acceptors (Lipinski definition) is 3. The Labute approximate surface area is 94.7 Å². The van der Waals surface area contributed by atoms with Crippen LogP contribution in [0.25, 0.3) is 0 Å². The van der Waals surface area contributed by atoms with Gasteiger partial charge in [-0.15, -0.1) is 6.42 Å². The number of hydrogen-bond donors (Lipinski definition) is 2. The Morgan fingerprint density at radius 1 is 1.69 bits per heavy atom. The van der Waals surface area contributed by atoms with Gasteiger partial charge in [-0.2, -0.15) is 0 Å². The highest BCUT2D eigenvalue weighted by Gasteiger charge is 2.08. The lowest BCUT2D eigenvalue weighted by Gasteiger charge is -2.10. The Hall–Kier alpha value is -2.02. The third-order valence-electron chi connectivity index (χ3n) is 2.10. The molecule has 0 amide bonds. The van der Waals surface area contributed by atoms with E-state index >= 15 is 0 Å². The third kappa shape index (κ3) is 2.99. The summed E-state index contributed by atoms with van der Waals surface area (Å²) < 4.78 is 0. The van der Waals surface area contributed by atoms with Crippen molar-refractivity contribution in [3.63, 3.8) is 0 Å². The summed E-state index contributed by atoms with van der Waals surface area (Å²) in [5.74, 6) is 2.04. The second-order valence-electron chi connectivity index (χ2n) is 3.42. The van der Waals surface area contributed by atoms with Gasteiger partial charge in [0.25, 0.3) is 0 Å². The van der Waals surface area contributed by atoms with Crippen molar-refractivity contribution in [1.82, 2.24) is 4.98 Å². The number of nitrogens with zero attached hydrogens (tertiary/aromatic N) is 1. The Morgan fingerprint density at radius 2 is 2.38 bits per heavy atom. The summed E-state index contributed by atoms with van der Waals surface area (Å²) in [6.45, 7) is 3.73. The van der Waals surface area contributed by atoms with Gasteiger partial charge in [-0.1, -0.05) is 12.8 Å². The van der Waals surface area contributed by atoms with Crippen molar-refractivity contribution in [1.29, 1.82) is 0 Å². The first kappa shape index (κ1) is 12.1. The minimum atomic E-state index is -0.964. The third-order valence-corrected chi connectivity index (χ3v) is 2.10. The number of carboxylic acids is 1. The second kappa shape index (κ2) is 5.17. The first-order valence-electron chi connectivity index (χ1n) is 5.03. The van der Waals surface area contributed by atoms with Gasteiger partial charge in [0.1, 0.15) is 5.82 Å². The van der Waals surface area contributed by atoms with E-state index in [0.29, 0.717) is 12.2 Å². The number of carbonyl (C=O) groups is 1. The molecule has 0 radical (unpaired) electrons. The van der Waals surface area contributed by atoms with Crippen molar-refractivity contribution in [2.45, 2.75) is 26.3 Å². The molecule has 0 aliphatic heterocycles. The molecule has 84 valence electrons. The molecule has 0 aliphatic rings. The van der Waals surface area contributed by atoms with Gasteiger partial charge in [0.2, 0.25) is 0 Å². The van der Waals surface area contributed by atoms with Crippen LogP contribution in [0.15, 0.2) is 12.1 Å². The van der Waals surface area contributed by atoms with Crippen LogP contribution in [0.2, 0.25) is 0 Å². The molecule has 0 bridgehead atoms. The number of carboxylic acid groups (broad SMARTS) is 1. The van der Waals surface area contributed by atoms with Gasteiger partial charge >= 0.3 is 5.97 Å². The molecule has 0 spiro atoms. The van der Waals surface area contributed by atoms with Gasteiger partial charge in [0, 0.05) is 5.69 Å². The second-order valence-corrected chi connectivity index (χ2v) is 3.42. The largest absolute Gasteiger partial charge is 0.478 e. The zero-order chi connectivity index (χ0) is 12.1. The van der Waals surface area contributed by atoms with Crippen LogP contribution in [-0.4, -0.2) is 22.1 Å². The maximum Gasteiger partial charge on any atom is 0.335 e. The fourth-order valence-electron chi connectivity index (χ4n) is 1.23. The minimum absolute atomic E-state index is 0.179. The maximum atomic E-state index is 10.9. The molecule has 4 nitrogen and oxygen atoms in total. The molecule has 0 aromatic carbocycles. The smallest absolute Gasteiger partial charge is 0.335 e. The molecule has 0 aliphatic carbocycles. The fraction of sp³-hybridized carbons (Fsp3) is 0.333. The van der Waals surface area contributed by atoms with E-state index in [1.165, 1.54) is 6.07 Å². The van der Waals surface area contributed by atoms with Gasteiger partial charge in [-0.3, -0.25) is 0 Å². The topological polar surface area (TPSA) is 62.2 Å². The monoisotopic (exact) mass is 218 g/mol. The summed E-state index contributed by atoms with van der Waals surface area (Å²) in [7, 11) is 0. The number of rotatable bonds is 4. The number of pyridine rings is 1. The molecule has 1 unspecified atom stereocenters. The summed E-state index contributed by atoms with van der Waals surface area (Å²) in [5.41, 5.74) is 0.949. The standard InChI is InChI=1S/C12H14N2O2/c1-4-8(3)13-11-7-9(12(15)16)6-10(5-2)14-11/h1,6-8H,5H2,2-3H3,(H,13,14)(H,15,16). The van der Waals surface area contributed by atoms with E-state index in [1.54, 1.807) is 13.0 Å². The molecule has 1 heterocycles. The highest BCUT2D eigenvalue weighted by Crippen LogP contribution is 2.12. The normalized spacial score (nSPS) is 11.6. The SMILES string of the molecule is C#CC(C)Nc1cc(C(=O)O)cc(CC)n1. The lowest BCUT2D eigenvalue weighted by atomic mass is 10.2. The molecule has 1 rings (SSSR count). The molecule has 1 aromatic rings. The van der Waals surface area contributed by atoms with Crippen molar-refractivity contribution in [3.8, 4) is 12.3 Å². The van der Waals surface area contributed by atoms with Crippen molar-refractivity contribution >= 4 is 11.8 Å². The zero-order valence-corrected chi connectivity index (χ0v) is 9.32. The van der Waals surface area contributed by atoms with Crippen LogP contribution in [0.4, 0.5) is 5.82 Å². The van der Waals surface area contributed by atoms with E-state index in [0.717, 1.165) is 5.69 Å². The molecule has 1 atom stereocenters. The summed E-state index contributed by atoms with van der Waals surface area (Å²) >= 11 is 0. The van der Waals surface area contributed by atoms with Gasteiger partial charge in [-0.05, 0) is 25.5 Å². The molecular weight excluding hydrogens is 204 g/mol. The first-order valence-corrected chi connectivity index (χ1v) is 5.03. The molecule has 16 heavy (non-hydrogen) atoms. The zero-order valence-electron chi connectivity index (χ0n) is 9.32. The number of nitrogens with one attached hydrogen (secondary N) is 1. The molecule has 1 aromatic heterocycles. The Bertz CT molecular complexity index is 435. The van der Waals surface area contributed by atoms with Gasteiger partial charge in [0.05, 0.1) is 11.6 Å². The van der Waals surface area contributed by atoms with E-state index in [9.17, 15) is 4.79 Å². The van der Waals surface area contributed by atoms with Crippen LogP contribution < -0.4 is 5.32 Å². The van der Waals surface area contributed by atoms with Gasteiger partial charge < -0.3 is 10.4 Å². The fourth-order valence-corrected chi connectivity index (χ4v) is 1.23. The van der Waals surface area contributed by atoms with Crippen molar-refractivity contribution in [3.05, 3.63) is 23.4 Å². The highest BCUT2D eigenvalue weighted by atomic mass is 16.4. The Morgan fingerprint density at radius 3 is 2.88 bits per heavy atom. The molecule has 2 N–H and O–H groups in total. The Balaban J connectivity index is 3.05. The average molecular weight is 218 g/mol. The van der Waals surface area contributed by atoms with Crippen LogP contribution in [0.1, 0.15) is 29.9 Å². The van der Waals surface area contributed by atoms with Crippen molar-refractivity contribution < 1.29 is 9.90 Å². The predicted octanol–water partition coefficient (Wildman–Crippen LogP) is 1.78. The quantitative estimate of drug-likeness (QED) is 0.756. The van der Waals surface area contributed by atoms with Crippen LogP contribution in [0, 0.1) is 12.3 Å². The number of aromatic carboxylic acids is 1. The summed E-state index contributed by atoms with van der Waals surface area (Å²) in [5, 5.41) is 11.9.